The fraction of sp³-hybridized carbons (Fsp3) is 0.684. The third-order valence-corrected chi connectivity index (χ3v) is 5.10. The normalized spacial score (nSPS) is 19.7. The SMILES string of the molecule is COC(C)N1CCc2cc(OCCCN3CCCCC3)ccc21. The predicted octanol–water partition coefficient (Wildman–Crippen LogP) is 3.30. The van der Waals surface area contributed by atoms with Gasteiger partial charge in [0, 0.05) is 25.9 Å². The topological polar surface area (TPSA) is 24.9 Å². The number of methoxy groups -OCH3 is 1. The maximum atomic E-state index is 5.97. The van der Waals surface area contributed by atoms with Crippen LogP contribution in [-0.4, -0.2) is 51.0 Å². The van der Waals surface area contributed by atoms with Crippen molar-refractivity contribution in [1.82, 2.24) is 4.90 Å². The van der Waals surface area contributed by atoms with Crippen molar-refractivity contribution in [1.29, 1.82) is 0 Å². The van der Waals surface area contributed by atoms with Gasteiger partial charge in [0.2, 0.25) is 0 Å². The molecule has 4 nitrogen and oxygen atoms in total. The van der Waals surface area contributed by atoms with Crippen LogP contribution in [0, 0.1) is 0 Å². The molecule has 0 radical (unpaired) electrons. The molecule has 1 aromatic rings. The van der Waals surface area contributed by atoms with E-state index >= 15 is 0 Å². The molecule has 0 bridgehead atoms. The van der Waals surface area contributed by atoms with Gasteiger partial charge < -0.3 is 19.3 Å². The molecule has 2 aliphatic heterocycles. The molecule has 1 unspecified atom stereocenters. The zero-order chi connectivity index (χ0) is 16.1. The summed E-state index contributed by atoms with van der Waals surface area (Å²) in [6, 6.07) is 6.48. The maximum absolute atomic E-state index is 5.97. The zero-order valence-corrected chi connectivity index (χ0v) is 14.6. The molecule has 128 valence electrons. The Kier molecular flexibility index (Phi) is 5.79. The molecule has 4 heteroatoms. The summed E-state index contributed by atoms with van der Waals surface area (Å²) in [5.41, 5.74) is 2.67. The van der Waals surface area contributed by atoms with Crippen LogP contribution >= 0.6 is 0 Å². The number of hydrogen-bond acceptors (Lipinski definition) is 4. The smallest absolute Gasteiger partial charge is 0.126 e. The number of piperidine rings is 1. The van der Waals surface area contributed by atoms with E-state index in [2.05, 4.69) is 34.9 Å². The summed E-state index contributed by atoms with van der Waals surface area (Å²) in [5.74, 6) is 1.01. The summed E-state index contributed by atoms with van der Waals surface area (Å²) in [6.45, 7) is 7.65. The van der Waals surface area contributed by atoms with Crippen LogP contribution in [0.4, 0.5) is 5.69 Å². The van der Waals surface area contributed by atoms with Crippen molar-refractivity contribution in [2.24, 2.45) is 0 Å². The molecular formula is C19H30N2O2. The lowest BCUT2D eigenvalue weighted by atomic mass is 10.1. The second kappa shape index (κ2) is 8.02. The Labute approximate surface area is 140 Å². The number of hydrogen-bond donors (Lipinski definition) is 0. The Morgan fingerprint density at radius 1 is 1.13 bits per heavy atom. The summed E-state index contributed by atoms with van der Waals surface area (Å²) in [6.07, 6.45) is 6.45. The molecular weight excluding hydrogens is 288 g/mol. The van der Waals surface area contributed by atoms with Gasteiger partial charge in [-0.2, -0.15) is 0 Å². The standard InChI is InChI=1S/C19H30N2O2/c1-16(22-2)21-13-9-17-15-18(7-8-19(17)21)23-14-6-12-20-10-4-3-5-11-20/h7-8,15-16H,3-6,9-14H2,1-2H3. The molecule has 2 heterocycles. The van der Waals surface area contributed by atoms with Crippen LogP contribution in [0.2, 0.25) is 0 Å². The van der Waals surface area contributed by atoms with E-state index < -0.39 is 0 Å². The quantitative estimate of drug-likeness (QED) is 0.720. The van der Waals surface area contributed by atoms with Crippen LogP contribution in [0.3, 0.4) is 0 Å². The van der Waals surface area contributed by atoms with Crippen LogP contribution in [0.15, 0.2) is 18.2 Å². The molecule has 0 aliphatic carbocycles. The first-order chi connectivity index (χ1) is 11.3. The molecule has 1 atom stereocenters. The Morgan fingerprint density at radius 3 is 2.74 bits per heavy atom. The summed E-state index contributed by atoms with van der Waals surface area (Å²) in [5, 5.41) is 0. The van der Waals surface area contributed by atoms with Gasteiger partial charge in [-0.25, -0.2) is 0 Å². The van der Waals surface area contributed by atoms with Crippen LogP contribution in [0.5, 0.6) is 5.75 Å². The van der Waals surface area contributed by atoms with Gasteiger partial charge in [0.25, 0.3) is 0 Å². The van der Waals surface area contributed by atoms with Crippen LogP contribution < -0.4 is 9.64 Å². The predicted molar refractivity (Wildman–Crippen MR) is 94.4 cm³/mol. The van der Waals surface area contributed by atoms with E-state index in [9.17, 15) is 0 Å². The van der Waals surface area contributed by atoms with Crippen LogP contribution in [0.25, 0.3) is 0 Å². The van der Waals surface area contributed by atoms with Gasteiger partial charge in [-0.1, -0.05) is 6.42 Å². The number of ether oxygens (including phenoxy) is 2. The highest BCUT2D eigenvalue weighted by molar-refractivity contribution is 5.60. The van der Waals surface area contributed by atoms with Gasteiger partial charge in [-0.3, -0.25) is 0 Å². The molecule has 3 rings (SSSR count). The number of likely N-dealkylation sites (tertiary alicyclic amines) is 1. The fourth-order valence-electron chi connectivity index (χ4n) is 3.66. The lowest BCUT2D eigenvalue weighted by Gasteiger charge is -2.26. The van der Waals surface area contributed by atoms with Crippen molar-refractivity contribution >= 4 is 5.69 Å². The Balaban J connectivity index is 1.46. The number of fused-ring (bicyclic) bond motifs is 1. The van der Waals surface area contributed by atoms with Gasteiger partial charge in [0.15, 0.2) is 0 Å². The molecule has 0 aromatic heterocycles. The summed E-state index contributed by atoms with van der Waals surface area (Å²) >= 11 is 0. The van der Waals surface area contributed by atoms with E-state index in [0.29, 0.717) is 0 Å². The first-order valence-corrected chi connectivity index (χ1v) is 9.05. The summed E-state index contributed by atoms with van der Waals surface area (Å²) < 4.78 is 11.4. The second-order valence-electron chi connectivity index (χ2n) is 6.67. The Bertz CT molecular complexity index is 500. The fourth-order valence-corrected chi connectivity index (χ4v) is 3.66. The monoisotopic (exact) mass is 318 g/mol. The third-order valence-electron chi connectivity index (χ3n) is 5.10. The molecule has 0 amide bonds. The van der Waals surface area contributed by atoms with Gasteiger partial charge in [0.05, 0.1) is 6.61 Å². The van der Waals surface area contributed by atoms with E-state index in [-0.39, 0.29) is 6.23 Å². The van der Waals surface area contributed by atoms with E-state index in [1.165, 1.54) is 50.1 Å². The largest absolute Gasteiger partial charge is 0.494 e. The highest BCUT2D eigenvalue weighted by atomic mass is 16.5. The zero-order valence-electron chi connectivity index (χ0n) is 14.6. The molecule has 1 saturated heterocycles. The summed E-state index contributed by atoms with van der Waals surface area (Å²) in [4.78, 5) is 4.88. The van der Waals surface area contributed by atoms with Crippen molar-refractivity contribution < 1.29 is 9.47 Å². The van der Waals surface area contributed by atoms with E-state index in [1.54, 1.807) is 7.11 Å². The van der Waals surface area contributed by atoms with Gasteiger partial charge in [-0.05, 0) is 69.5 Å². The summed E-state index contributed by atoms with van der Waals surface area (Å²) in [7, 11) is 1.77. The van der Waals surface area contributed by atoms with Crippen LogP contribution in [0.1, 0.15) is 38.2 Å². The highest BCUT2D eigenvalue weighted by Gasteiger charge is 2.23. The van der Waals surface area contributed by atoms with Gasteiger partial charge >= 0.3 is 0 Å². The maximum Gasteiger partial charge on any atom is 0.126 e. The number of rotatable bonds is 7. The van der Waals surface area contributed by atoms with Crippen molar-refractivity contribution in [3.05, 3.63) is 23.8 Å². The average molecular weight is 318 g/mol. The Morgan fingerprint density at radius 2 is 1.96 bits per heavy atom. The third kappa shape index (κ3) is 4.18. The van der Waals surface area contributed by atoms with E-state index in [1.807, 2.05) is 0 Å². The van der Waals surface area contributed by atoms with Crippen molar-refractivity contribution in [3.8, 4) is 5.75 Å². The van der Waals surface area contributed by atoms with E-state index in [4.69, 9.17) is 9.47 Å². The molecule has 0 spiro atoms. The molecule has 0 saturated carbocycles. The molecule has 1 aromatic carbocycles. The average Bonchev–Trinajstić information content (AvgIpc) is 3.02. The molecule has 2 aliphatic rings. The van der Waals surface area contributed by atoms with Crippen molar-refractivity contribution in [2.45, 2.75) is 45.3 Å². The van der Waals surface area contributed by atoms with E-state index in [0.717, 1.165) is 31.7 Å². The molecule has 0 N–H and O–H groups in total. The minimum atomic E-state index is 0.132. The number of anilines is 1. The van der Waals surface area contributed by atoms with Crippen molar-refractivity contribution in [3.63, 3.8) is 0 Å². The first kappa shape index (κ1) is 16.6. The highest BCUT2D eigenvalue weighted by Crippen LogP contribution is 2.32. The van der Waals surface area contributed by atoms with Crippen LogP contribution in [-0.2, 0) is 11.2 Å². The first-order valence-electron chi connectivity index (χ1n) is 9.05. The lowest BCUT2D eigenvalue weighted by molar-refractivity contribution is 0.116. The van der Waals surface area contributed by atoms with Gasteiger partial charge in [-0.15, -0.1) is 0 Å². The van der Waals surface area contributed by atoms with Crippen molar-refractivity contribution in [2.75, 3.05) is 44.8 Å². The minimum Gasteiger partial charge on any atom is -0.494 e. The second-order valence-corrected chi connectivity index (χ2v) is 6.67. The molecule has 1 fully saturated rings. The lowest BCUT2D eigenvalue weighted by Crippen LogP contribution is -2.32. The Hall–Kier alpha value is -1.26. The minimum absolute atomic E-state index is 0.132. The number of nitrogens with zero attached hydrogens (tertiary/aromatic N) is 2. The number of benzene rings is 1. The molecule has 23 heavy (non-hydrogen) atoms. The van der Waals surface area contributed by atoms with Gasteiger partial charge in [0.1, 0.15) is 12.0 Å².